The highest BCUT2D eigenvalue weighted by molar-refractivity contribution is 5.79. The Balaban J connectivity index is 1.89. The molecule has 2 fully saturated rings. The molecule has 0 bridgehead atoms. The molecule has 1 amide bonds. The zero-order valence-corrected chi connectivity index (χ0v) is 12.0. The molecule has 0 aromatic heterocycles. The largest absolute Gasteiger partial charge is 0.336 e. The molecular formula is C15H28N2O. The highest BCUT2D eigenvalue weighted by Gasteiger charge is 2.29. The van der Waals surface area contributed by atoms with Crippen molar-refractivity contribution in [3.8, 4) is 0 Å². The Bertz CT molecular complexity index is 262. The minimum absolute atomic E-state index is 0.358. The molecule has 0 aliphatic carbocycles. The maximum absolute atomic E-state index is 12.5. The quantitative estimate of drug-likeness (QED) is 0.754. The Labute approximate surface area is 112 Å². The molecule has 0 spiro atoms. The van der Waals surface area contributed by atoms with Crippen molar-refractivity contribution in [2.45, 2.75) is 70.9 Å². The van der Waals surface area contributed by atoms with E-state index in [0.29, 0.717) is 24.5 Å². The first-order chi connectivity index (χ1) is 8.68. The lowest BCUT2D eigenvalue weighted by Crippen LogP contribution is -2.51. The average Bonchev–Trinajstić information content (AvgIpc) is 2.57. The zero-order valence-electron chi connectivity index (χ0n) is 12.0. The third-order valence-electron chi connectivity index (χ3n) is 4.54. The van der Waals surface area contributed by atoms with Crippen LogP contribution < -0.4 is 0 Å². The third-order valence-corrected chi connectivity index (χ3v) is 4.54. The number of likely N-dealkylation sites (tertiary alicyclic amines) is 2. The Morgan fingerprint density at radius 2 is 1.50 bits per heavy atom. The fraction of sp³-hybridized carbons (Fsp3) is 0.933. The van der Waals surface area contributed by atoms with Crippen LogP contribution in [0.5, 0.6) is 0 Å². The number of amides is 1. The van der Waals surface area contributed by atoms with Gasteiger partial charge in [-0.1, -0.05) is 12.8 Å². The van der Waals surface area contributed by atoms with Crippen LogP contribution in [-0.2, 0) is 4.79 Å². The Morgan fingerprint density at radius 1 is 0.944 bits per heavy atom. The highest BCUT2D eigenvalue weighted by Crippen LogP contribution is 2.23. The molecule has 104 valence electrons. The number of hydrogen-bond donors (Lipinski definition) is 0. The van der Waals surface area contributed by atoms with Crippen LogP contribution >= 0.6 is 0 Å². The molecular weight excluding hydrogens is 224 g/mol. The summed E-state index contributed by atoms with van der Waals surface area (Å²) in [7, 11) is 0. The molecule has 2 atom stereocenters. The maximum atomic E-state index is 12.5. The number of hydrogen-bond acceptors (Lipinski definition) is 2. The van der Waals surface area contributed by atoms with Crippen molar-refractivity contribution in [2.24, 2.45) is 0 Å². The van der Waals surface area contributed by atoms with E-state index in [1.807, 2.05) is 0 Å². The van der Waals surface area contributed by atoms with Crippen LogP contribution in [0.25, 0.3) is 0 Å². The fourth-order valence-electron chi connectivity index (χ4n) is 3.48. The normalized spacial score (nSPS) is 31.1. The number of rotatable bonds is 2. The van der Waals surface area contributed by atoms with Gasteiger partial charge in [-0.05, 0) is 59.0 Å². The van der Waals surface area contributed by atoms with Gasteiger partial charge in [0.2, 0.25) is 5.91 Å². The van der Waals surface area contributed by atoms with Gasteiger partial charge in [-0.3, -0.25) is 9.69 Å². The SMILES string of the molecule is C[C@H]1CCC[C@H](C)N1C(=O)CN1CCCCCC1. The van der Waals surface area contributed by atoms with E-state index >= 15 is 0 Å². The van der Waals surface area contributed by atoms with E-state index in [-0.39, 0.29) is 0 Å². The zero-order chi connectivity index (χ0) is 13.0. The molecule has 0 unspecified atom stereocenters. The molecule has 0 aromatic carbocycles. The molecule has 18 heavy (non-hydrogen) atoms. The molecule has 3 nitrogen and oxygen atoms in total. The van der Waals surface area contributed by atoms with Gasteiger partial charge in [0.15, 0.2) is 0 Å². The maximum Gasteiger partial charge on any atom is 0.237 e. The summed E-state index contributed by atoms with van der Waals surface area (Å²) in [4.78, 5) is 17.0. The van der Waals surface area contributed by atoms with Crippen LogP contribution in [0.15, 0.2) is 0 Å². The monoisotopic (exact) mass is 252 g/mol. The molecule has 0 N–H and O–H groups in total. The van der Waals surface area contributed by atoms with Crippen molar-refractivity contribution < 1.29 is 4.79 Å². The van der Waals surface area contributed by atoms with Crippen molar-refractivity contribution in [1.29, 1.82) is 0 Å². The summed E-state index contributed by atoms with van der Waals surface area (Å²) in [6.07, 6.45) is 8.82. The van der Waals surface area contributed by atoms with Crippen molar-refractivity contribution >= 4 is 5.91 Å². The lowest BCUT2D eigenvalue weighted by molar-refractivity contribution is -0.138. The molecule has 0 radical (unpaired) electrons. The molecule has 2 rings (SSSR count). The Kier molecular flexibility index (Phi) is 5.04. The van der Waals surface area contributed by atoms with Crippen LogP contribution in [0.2, 0.25) is 0 Å². The van der Waals surface area contributed by atoms with Gasteiger partial charge in [-0.15, -0.1) is 0 Å². The third kappa shape index (κ3) is 3.47. The van der Waals surface area contributed by atoms with Gasteiger partial charge < -0.3 is 4.90 Å². The predicted octanol–water partition coefficient (Wildman–Crippen LogP) is 2.65. The lowest BCUT2D eigenvalue weighted by atomic mass is 9.97. The van der Waals surface area contributed by atoms with E-state index in [1.54, 1.807) is 0 Å². The molecule has 2 aliphatic heterocycles. The van der Waals surface area contributed by atoms with E-state index in [9.17, 15) is 4.79 Å². The second-order valence-corrected chi connectivity index (χ2v) is 6.12. The first kappa shape index (κ1) is 13.9. The number of nitrogens with zero attached hydrogens (tertiary/aromatic N) is 2. The Hall–Kier alpha value is -0.570. The van der Waals surface area contributed by atoms with Crippen molar-refractivity contribution in [3.05, 3.63) is 0 Å². The summed E-state index contributed by atoms with van der Waals surface area (Å²) in [6, 6.07) is 0.876. The van der Waals surface area contributed by atoms with Gasteiger partial charge in [0, 0.05) is 12.1 Å². The topological polar surface area (TPSA) is 23.6 Å². The molecule has 2 heterocycles. The van der Waals surface area contributed by atoms with Gasteiger partial charge >= 0.3 is 0 Å². The fourth-order valence-corrected chi connectivity index (χ4v) is 3.48. The number of piperidine rings is 1. The minimum Gasteiger partial charge on any atom is -0.336 e. The summed E-state index contributed by atoms with van der Waals surface area (Å²) in [5.41, 5.74) is 0. The van der Waals surface area contributed by atoms with E-state index in [0.717, 1.165) is 13.1 Å². The van der Waals surface area contributed by atoms with Crippen LogP contribution in [0, 0.1) is 0 Å². The lowest BCUT2D eigenvalue weighted by Gasteiger charge is -2.40. The van der Waals surface area contributed by atoms with Gasteiger partial charge in [0.1, 0.15) is 0 Å². The smallest absolute Gasteiger partial charge is 0.237 e. The van der Waals surface area contributed by atoms with Gasteiger partial charge in [-0.2, -0.15) is 0 Å². The summed E-state index contributed by atoms with van der Waals surface area (Å²) >= 11 is 0. The number of carbonyl (C=O) groups is 1. The first-order valence-corrected chi connectivity index (χ1v) is 7.72. The summed E-state index contributed by atoms with van der Waals surface area (Å²) < 4.78 is 0. The van der Waals surface area contributed by atoms with E-state index in [2.05, 4.69) is 23.6 Å². The van der Waals surface area contributed by atoms with Crippen molar-refractivity contribution in [3.63, 3.8) is 0 Å². The van der Waals surface area contributed by atoms with Gasteiger partial charge in [-0.25, -0.2) is 0 Å². The number of carbonyl (C=O) groups excluding carboxylic acids is 1. The van der Waals surface area contributed by atoms with E-state index in [4.69, 9.17) is 0 Å². The highest BCUT2D eigenvalue weighted by atomic mass is 16.2. The average molecular weight is 252 g/mol. The van der Waals surface area contributed by atoms with Crippen LogP contribution in [-0.4, -0.2) is 47.4 Å². The summed E-state index contributed by atoms with van der Waals surface area (Å²) in [5.74, 6) is 0.358. The molecule has 3 heteroatoms. The standard InChI is InChI=1S/C15H28N2O/c1-13-8-7-9-14(2)17(13)15(18)12-16-10-5-3-4-6-11-16/h13-14H,3-12H2,1-2H3/t13-,14-/m0/s1. The Morgan fingerprint density at radius 3 is 2.06 bits per heavy atom. The minimum atomic E-state index is 0.358. The molecule has 0 saturated carbocycles. The van der Waals surface area contributed by atoms with Crippen molar-refractivity contribution in [1.82, 2.24) is 9.80 Å². The molecule has 2 aliphatic rings. The second kappa shape index (κ2) is 6.55. The summed E-state index contributed by atoms with van der Waals surface area (Å²) in [5, 5.41) is 0. The van der Waals surface area contributed by atoms with Gasteiger partial charge in [0.05, 0.1) is 6.54 Å². The molecule has 0 aromatic rings. The predicted molar refractivity (Wildman–Crippen MR) is 74.5 cm³/mol. The van der Waals surface area contributed by atoms with Crippen LogP contribution in [0.3, 0.4) is 0 Å². The molecule has 2 saturated heterocycles. The van der Waals surface area contributed by atoms with Crippen LogP contribution in [0.4, 0.5) is 0 Å². The summed E-state index contributed by atoms with van der Waals surface area (Å²) in [6.45, 7) is 7.28. The first-order valence-electron chi connectivity index (χ1n) is 7.72. The van der Waals surface area contributed by atoms with Crippen LogP contribution in [0.1, 0.15) is 58.8 Å². The van der Waals surface area contributed by atoms with Gasteiger partial charge in [0.25, 0.3) is 0 Å². The van der Waals surface area contributed by atoms with E-state index < -0.39 is 0 Å². The van der Waals surface area contributed by atoms with E-state index in [1.165, 1.54) is 44.9 Å². The van der Waals surface area contributed by atoms with Crippen molar-refractivity contribution in [2.75, 3.05) is 19.6 Å². The second-order valence-electron chi connectivity index (χ2n) is 6.12.